The molecule has 1 aromatic heterocycles. The summed E-state index contributed by atoms with van der Waals surface area (Å²) in [6.07, 6.45) is 1.86. The molecule has 5 nitrogen and oxygen atoms in total. The van der Waals surface area contributed by atoms with Gasteiger partial charge < -0.3 is 9.47 Å². The molecule has 0 amide bonds. The highest BCUT2D eigenvalue weighted by atomic mass is 32.2. The van der Waals surface area contributed by atoms with Gasteiger partial charge in [0, 0.05) is 17.4 Å². The summed E-state index contributed by atoms with van der Waals surface area (Å²) in [5.41, 5.74) is 3.06. The van der Waals surface area contributed by atoms with E-state index in [1.165, 1.54) is 0 Å². The maximum absolute atomic E-state index is 5.40. The first-order valence-electron chi connectivity index (χ1n) is 8.16. The van der Waals surface area contributed by atoms with Crippen LogP contribution >= 0.6 is 11.8 Å². The van der Waals surface area contributed by atoms with E-state index in [0.29, 0.717) is 11.5 Å². The lowest BCUT2D eigenvalue weighted by Gasteiger charge is -2.13. The molecule has 0 aliphatic heterocycles. The lowest BCUT2D eigenvalue weighted by molar-refractivity contribution is 0.394. The van der Waals surface area contributed by atoms with Gasteiger partial charge in [-0.2, -0.15) is 0 Å². The minimum absolute atomic E-state index is 0.707. The molecular weight excluding hydrogens is 346 g/mol. The van der Waals surface area contributed by atoms with E-state index in [0.717, 1.165) is 33.5 Å². The van der Waals surface area contributed by atoms with E-state index in [4.69, 9.17) is 9.47 Å². The number of aryl methyl sites for hydroxylation is 1. The van der Waals surface area contributed by atoms with Gasteiger partial charge in [0.1, 0.15) is 11.5 Å². The first-order chi connectivity index (χ1) is 12.7. The summed E-state index contributed by atoms with van der Waals surface area (Å²) in [6, 6.07) is 13.9. The standard InChI is InChI=1S/C20H21N3O2S/c1-5-10-26-20-22-21-19(23(20)18-9-7-6-8-14(18)2)15-11-16(24-3)13-17(12-15)25-4/h5-9,11-13H,1,10H2,2-4H3. The number of thioether (sulfide) groups is 1. The molecule has 3 rings (SSSR count). The van der Waals surface area contributed by atoms with Gasteiger partial charge in [0.2, 0.25) is 0 Å². The summed E-state index contributed by atoms with van der Waals surface area (Å²) in [5.74, 6) is 2.91. The highest BCUT2D eigenvalue weighted by Crippen LogP contribution is 2.33. The monoisotopic (exact) mass is 367 g/mol. The number of methoxy groups -OCH3 is 2. The molecule has 0 radical (unpaired) electrons. The first-order valence-corrected chi connectivity index (χ1v) is 9.15. The van der Waals surface area contributed by atoms with Crippen LogP contribution in [0.15, 0.2) is 60.3 Å². The Kier molecular flexibility index (Phi) is 5.63. The van der Waals surface area contributed by atoms with Crippen molar-refractivity contribution >= 4 is 11.8 Å². The molecule has 0 fully saturated rings. The van der Waals surface area contributed by atoms with Gasteiger partial charge in [-0.15, -0.1) is 16.8 Å². The van der Waals surface area contributed by atoms with E-state index >= 15 is 0 Å². The number of aromatic nitrogens is 3. The second-order valence-electron chi connectivity index (χ2n) is 5.63. The molecule has 0 N–H and O–H groups in total. The Balaban J connectivity index is 2.21. The van der Waals surface area contributed by atoms with Gasteiger partial charge >= 0.3 is 0 Å². The van der Waals surface area contributed by atoms with Gasteiger partial charge in [0.15, 0.2) is 11.0 Å². The number of hydrogen-bond acceptors (Lipinski definition) is 5. The average Bonchev–Trinajstić information content (AvgIpc) is 3.09. The van der Waals surface area contributed by atoms with Crippen molar-refractivity contribution in [3.8, 4) is 28.6 Å². The molecule has 26 heavy (non-hydrogen) atoms. The molecule has 0 unspecified atom stereocenters. The minimum Gasteiger partial charge on any atom is -0.497 e. The van der Waals surface area contributed by atoms with E-state index in [9.17, 15) is 0 Å². The molecule has 0 bridgehead atoms. The number of ether oxygens (including phenoxy) is 2. The lowest BCUT2D eigenvalue weighted by atomic mass is 10.1. The van der Waals surface area contributed by atoms with E-state index in [1.807, 2.05) is 36.4 Å². The van der Waals surface area contributed by atoms with Crippen molar-refractivity contribution < 1.29 is 9.47 Å². The van der Waals surface area contributed by atoms with Crippen LogP contribution < -0.4 is 9.47 Å². The summed E-state index contributed by atoms with van der Waals surface area (Å²) in [6.45, 7) is 5.87. The predicted molar refractivity (Wildman–Crippen MR) is 106 cm³/mol. The van der Waals surface area contributed by atoms with Gasteiger partial charge in [0.25, 0.3) is 0 Å². The zero-order valence-electron chi connectivity index (χ0n) is 15.1. The van der Waals surface area contributed by atoms with Crippen LogP contribution in [0.1, 0.15) is 5.56 Å². The van der Waals surface area contributed by atoms with Crippen LogP contribution in [0.2, 0.25) is 0 Å². The number of rotatable bonds is 7. The van der Waals surface area contributed by atoms with Crippen molar-refractivity contribution in [1.82, 2.24) is 14.8 Å². The highest BCUT2D eigenvalue weighted by molar-refractivity contribution is 7.99. The third-order valence-electron chi connectivity index (χ3n) is 3.93. The summed E-state index contributed by atoms with van der Waals surface area (Å²) >= 11 is 1.59. The second-order valence-corrected chi connectivity index (χ2v) is 6.62. The van der Waals surface area contributed by atoms with Crippen LogP contribution in [0.4, 0.5) is 0 Å². The van der Waals surface area contributed by atoms with Crippen LogP contribution in [-0.2, 0) is 0 Å². The van der Waals surface area contributed by atoms with Crippen molar-refractivity contribution in [2.45, 2.75) is 12.1 Å². The summed E-state index contributed by atoms with van der Waals surface area (Å²) in [7, 11) is 3.27. The maximum Gasteiger partial charge on any atom is 0.196 e. The third kappa shape index (κ3) is 3.60. The van der Waals surface area contributed by atoms with E-state index in [-0.39, 0.29) is 0 Å². The quantitative estimate of drug-likeness (QED) is 0.453. The molecule has 0 atom stereocenters. The van der Waals surface area contributed by atoms with Crippen molar-refractivity contribution in [3.05, 3.63) is 60.7 Å². The van der Waals surface area contributed by atoms with Gasteiger partial charge in [-0.25, -0.2) is 0 Å². The van der Waals surface area contributed by atoms with Crippen LogP contribution in [0.3, 0.4) is 0 Å². The number of hydrogen-bond donors (Lipinski definition) is 0. The van der Waals surface area contributed by atoms with Crippen LogP contribution in [0.25, 0.3) is 17.1 Å². The Labute approximate surface area is 157 Å². The van der Waals surface area contributed by atoms with E-state index in [1.54, 1.807) is 26.0 Å². The van der Waals surface area contributed by atoms with Gasteiger partial charge in [0.05, 0.1) is 19.9 Å². The Bertz CT molecular complexity index is 899. The van der Waals surface area contributed by atoms with Crippen LogP contribution in [0, 0.1) is 6.92 Å². The fraction of sp³-hybridized carbons (Fsp3) is 0.200. The Morgan fingerprint density at radius 2 is 1.77 bits per heavy atom. The summed E-state index contributed by atoms with van der Waals surface area (Å²) < 4.78 is 12.9. The molecule has 2 aromatic carbocycles. The lowest BCUT2D eigenvalue weighted by Crippen LogP contribution is -2.02. The normalized spacial score (nSPS) is 10.6. The van der Waals surface area contributed by atoms with E-state index < -0.39 is 0 Å². The Hall–Kier alpha value is -2.73. The topological polar surface area (TPSA) is 49.2 Å². The molecule has 0 aliphatic rings. The Morgan fingerprint density at radius 1 is 1.08 bits per heavy atom. The molecule has 134 valence electrons. The molecule has 1 heterocycles. The largest absolute Gasteiger partial charge is 0.497 e. The molecule has 6 heteroatoms. The molecule has 3 aromatic rings. The molecule has 0 aliphatic carbocycles. The van der Waals surface area contributed by atoms with E-state index in [2.05, 4.69) is 40.4 Å². The Morgan fingerprint density at radius 3 is 2.38 bits per heavy atom. The fourth-order valence-electron chi connectivity index (χ4n) is 2.65. The zero-order chi connectivity index (χ0) is 18.5. The fourth-order valence-corrected chi connectivity index (χ4v) is 3.33. The number of benzene rings is 2. The first kappa shape index (κ1) is 18.1. The molecule has 0 spiro atoms. The van der Waals surface area contributed by atoms with Crippen LogP contribution in [-0.4, -0.2) is 34.7 Å². The summed E-state index contributed by atoms with van der Waals surface area (Å²) in [4.78, 5) is 0. The third-order valence-corrected chi connectivity index (χ3v) is 4.85. The predicted octanol–water partition coefficient (Wildman–Crippen LogP) is 4.54. The highest BCUT2D eigenvalue weighted by Gasteiger charge is 2.18. The number of nitrogens with zero attached hydrogens (tertiary/aromatic N) is 3. The van der Waals surface area contributed by atoms with Gasteiger partial charge in [-0.1, -0.05) is 36.0 Å². The van der Waals surface area contributed by atoms with Gasteiger partial charge in [-0.05, 0) is 30.7 Å². The van der Waals surface area contributed by atoms with Crippen molar-refractivity contribution in [2.75, 3.05) is 20.0 Å². The summed E-state index contributed by atoms with van der Waals surface area (Å²) in [5, 5.41) is 9.68. The smallest absolute Gasteiger partial charge is 0.196 e. The van der Waals surface area contributed by atoms with Crippen molar-refractivity contribution in [2.24, 2.45) is 0 Å². The minimum atomic E-state index is 0.707. The van der Waals surface area contributed by atoms with Crippen LogP contribution in [0.5, 0.6) is 11.5 Å². The average molecular weight is 367 g/mol. The van der Waals surface area contributed by atoms with Crippen molar-refractivity contribution in [1.29, 1.82) is 0 Å². The van der Waals surface area contributed by atoms with Crippen molar-refractivity contribution in [3.63, 3.8) is 0 Å². The SMILES string of the molecule is C=CCSc1nnc(-c2cc(OC)cc(OC)c2)n1-c1ccccc1C. The second kappa shape index (κ2) is 8.10. The molecule has 0 saturated heterocycles. The maximum atomic E-state index is 5.40. The zero-order valence-corrected chi connectivity index (χ0v) is 15.9. The molecule has 0 saturated carbocycles. The van der Waals surface area contributed by atoms with Gasteiger partial charge in [-0.3, -0.25) is 4.57 Å². The number of para-hydroxylation sites is 1. The molecular formula is C20H21N3O2S.